The highest BCUT2D eigenvalue weighted by Gasteiger charge is 2.24. The molecule has 1 N–H and O–H groups in total. The van der Waals surface area contributed by atoms with Crippen molar-refractivity contribution in [3.8, 4) is 0 Å². The minimum Gasteiger partial charge on any atom is -0.356 e. The van der Waals surface area contributed by atoms with Crippen molar-refractivity contribution in [2.75, 3.05) is 6.54 Å². The lowest BCUT2D eigenvalue weighted by Gasteiger charge is -2.23. The highest BCUT2D eigenvalue weighted by atomic mass is 16.1. The molecule has 1 saturated carbocycles. The molecule has 0 bridgehead atoms. The number of nitrogens with one attached hydrogen (secondary N) is 1. The summed E-state index contributed by atoms with van der Waals surface area (Å²) < 4.78 is 0. The van der Waals surface area contributed by atoms with Crippen LogP contribution < -0.4 is 5.32 Å². The van der Waals surface area contributed by atoms with Crippen molar-refractivity contribution in [3.63, 3.8) is 0 Å². The molecule has 0 unspecified atom stereocenters. The molecule has 25 heavy (non-hydrogen) atoms. The van der Waals surface area contributed by atoms with Gasteiger partial charge in [-0.15, -0.1) is 0 Å². The Kier molecular flexibility index (Phi) is 15.2. The van der Waals surface area contributed by atoms with E-state index in [1.54, 1.807) is 0 Å². The zero-order valence-corrected chi connectivity index (χ0v) is 17.1. The minimum absolute atomic E-state index is 0.312. The SMILES string of the molecule is CCCCCCCCCCCCCCCCCCNC(=O)C1CCC1. The number of hydrogen-bond acceptors (Lipinski definition) is 1. The first-order valence-corrected chi connectivity index (χ1v) is 11.6. The van der Waals surface area contributed by atoms with Crippen LogP contribution in [0.15, 0.2) is 0 Å². The summed E-state index contributed by atoms with van der Waals surface area (Å²) in [7, 11) is 0. The van der Waals surface area contributed by atoms with Crippen LogP contribution in [0.5, 0.6) is 0 Å². The summed E-state index contributed by atoms with van der Waals surface area (Å²) in [6.07, 6.45) is 25.9. The van der Waals surface area contributed by atoms with Gasteiger partial charge in [0.1, 0.15) is 0 Å². The molecule has 1 amide bonds. The highest BCUT2D eigenvalue weighted by molar-refractivity contribution is 5.79. The van der Waals surface area contributed by atoms with E-state index in [1.807, 2.05) is 0 Å². The number of rotatable bonds is 18. The normalized spacial score (nSPS) is 14.4. The Bertz CT molecular complexity index is 298. The van der Waals surface area contributed by atoms with Crippen molar-refractivity contribution in [1.29, 1.82) is 0 Å². The standard InChI is InChI=1S/C23H45NO/c1-2-3-4-5-6-7-8-9-10-11-12-13-14-15-16-17-21-24-23(25)22-19-18-20-22/h22H,2-21H2,1H3,(H,24,25). The highest BCUT2D eigenvalue weighted by Crippen LogP contribution is 2.26. The Hall–Kier alpha value is -0.530. The van der Waals surface area contributed by atoms with Crippen LogP contribution in [0.4, 0.5) is 0 Å². The van der Waals surface area contributed by atoms with Gasteiger partial charge in [-0.2, -0.15) is 0 Å². The molecule has 0 aromatic heterocycles. The predicted octanol–water partition coefficient (Wildman–Crippen LogP) is 7.16. The van der Waals surface area contributed by atoms with Crippen molar-refractivity contribution in [2.45, 2.75) is 129 Å². The fraction of sp³-hybridized carbons (Fsp3) is 0.957. The molecule has 1 aliphatic rings. The van der Waals surface area contributed by atoms with Crippen LogP contribution in [0.25, 0.3) is 0 Å². The molecule has 0 saturated heterocycles. The minimum atomic E-state index is 0.312. The smallest absolute Gasteiger partial charge is 0.223 e. The van der Waals surface area contributed by atoms with Gasteiger partial charge in [0, 0.05) is 12.5 Å². The van der Waals surface area contributed by atoms with Crippen molar-refractivity contribution in [2.24, 2.45) is 5.92 Å². The van der Waals surface area contributed by atoms with Gasteiger partial charge in [-0.3, -0.25) is 4.79 Å². The van der Waals surface area contributed by atoms with E-state index in [0.29, 0.717) is 11.8 Å². The van der Waals surface area contributed by atoms with Crippen LogP contribution in [0, 0.1) is 5.92 Å². The average molecular weight is 352 g/mol. The van der Waals surface area contributed by atoms with Crippen molar-refractivity contribution < 1.29 is 4.79 Å². The number of amides is 1. The van der Waals surface area contributed by atoms with Crippen LogP contribution in [0.1, 0.15) is 129 Å². The second-order valence-electron chi connectivity index (χ2n) is 8.22. The second-order valence-corrected chi connectivity index (χ2v) is 8.22. The summed E-state index contributed by atoms with van der Waals surface area (Å²) >= 11 is 0. The molecule has 1 rings (SSSR count). The largest absolute Gasteiger partial charge is 0.356 e. The Morgan fingerprint density at radius 1 is 0.680 bits per heavy atom. The van der Waals surface area contributed by atoms with Crippen LogP contribution >= 0.6 is 0 Å². The van der Waals surface area contributed by atoms with Gasteiger partial charge in [0.2, 0.25) is 5.91 Å². The first kappa shape index (κ1) is 22.5. The number of unbranched alkanes of at least 4 members (excludes halogenated alkanes) is 15. The van der Waals surface area contributed by atoms with Gasteiger partial charge >= 0.3 is 0 Å². The molecule has 0 atom stereocenters. The van der Waals surface area contributed by atoms with Gasteiger partial charge in [0.05, 0.1) is 0 Å². The van der Waals surface area contributed by atoms with Crippen LogP contribution in [-0.2, 0) is 4.79 Å². The molecule has 0 heterocycles. The summed E-state index contributed by atoms with van der Waals surface area (Å²) in [5.41, 5.74) is 0. The van der Waals surface area contributed by atoms with Gasteiger partial charge in [-0.25, -0.2) is 0 Å². The molecule has 1 fully saturated rings. The summed E-state index contributed by atoms with van der Waals surface area (Å²) in [6, 6.07) is 0. The number of hydrogen-bond donors (Lipinski definition) is 1. The van der Waals surface area contributed by atoms with Crippen LogP contribution in [-0.4, -0.2) is 12.5 Å². The molecule has 0 aromatic rings. The van der Waals surface area contributed by atoms with Gasteiger partial charge in [-0.1, -0.05) is 110 Å². The summed E-state index contributed by atoms with van der Waals surface area (Å²) in [5, 5.41) is 3.10. The molecule has 0 radical (unpaired) electrons. The molecular weight excluding hydrogens is 306 g/mol. The lowest BCUT2D eigenvalue weighted by atomic mass is 9.85. The maximum absolute atomic E-state index is 11.7. The lowest BCUT2D eigenvalue weighted by Crippen LogP contribution is -2.34. The predicted molar refractivity (Wildman–Crippen MR) is 110 cm³/mol. The molecule has 2 nitrogen and oxygen atoms in total. The molecule has 0 aromatic carbocycles. The molecular formula is C23H45NO. The van der Waals surface area contributed by atoms with E-state index in [2.05, 4.69) is 12.2 Å². The Balaban J connectivity index is 1.66. The first-order valence-electron chi connectivity index (χ1n) is 11.6. The lowest BCUT2D eigenvalue weighted by molar-refractivity contribution is -0.127. The first-order chi connectivity index (χ1) is 12.3. The average Bonchev–Trinajstić information content (AvgIpc) is 2.56. The molecule has 1 aliphatic carbocycles. The van der Waals surface area contributed by atoms with Gasteiger partial charge in [0.25, 0.3) is 0 Å². The van der Waals surface area contributed by atoms with E-state index >= 15 is 0 Å². The summed E-state index contributed by atoms with van der Waals surface area (Å²) in [4.78, 5) is 11.7. The van der Waals surface area contributed by atoms with Gasteiger partial charge < -0.3 is 5.32 Å². The third-order valence-corrected chi connectivity index (χ3v) is 5.81. The maximum atomic E-state index is 11.7. The molecule has 0 aliphatic heterocycles. The monoisotopic (exact) mass is 351 g/mol. The van der Waals surface area contributed by atoms with E-state index < -0.39 is 0 Å². The van der Waals surface area contributed by atoms with E-state index in [4.69, 9.17) is 0 Å². The van der Waals surface area contributed by atoms with Gasteiger partial charge in [0.15, 0.2) is 0 Å². The fourth-order valence-electron chi connectivity index (χ4n) is 3.70. The maximum Gasteiger partial charge on any atom is 0.223 e. The molecule has 148 valence electrons. The topological polar surface area (TPSA) is 29.1 Å². The van der Waals surface area contributed by atoms with Crippen LogP contribution in [0.2, 0.25) is 0 Å². The van der Waals surface area contributed by atoms with Crippen molar-refractivity contribution in [3.05, 3.63) is 0 Å². The van der Waals surface area contributed by atoms with E-state index in [1.165, 1.54) is 103 Å². The zero-order valence-electron chi connectivity index (χ0n) is 17.1. The Morgan fingerprint density at radius 2 is 1.08 bits per heavy atom. The second kappa shape index (κ2) is 16.9. The van der Waals surface area contributed by atoms with E-state index in [-0.39, 0.29) is 0 Å². The van der Waals surface area contributed by atoms with Crippen molar-refractivity contribution in [1.82, 2.24) is 5.32 Å². The quantitative estimate of drug-likeness (QED) is 0.261. The fourth-order valence-corrected chi connectivity index (χ4v) is 3.70. The number of carbonyl (C=O) groups is 1. The zero-order chi connectivity index (χ0) is 18.0. The van der Waals surface area contributed by atoms with E-state index in [9.17, 15) is 4.79 Å². The van der Waals surface area contributed by atoms with Crippen LogP contribution in [0.3, 0.4) is 0 Å². The molecule has 0 spiro atoms. The Morgan fingerprint density at radius 3 is 1.44 bits per heavy atom. The summed E-state index contributed by atoms with van der Waals surface area (Å²) in [5.74, 6) is 0.660. The van der Waals surface area contributed by atoms with Crippen molar-refractivity contribution >= 4 is 5.91 Å². The third kappa shape index (κ3) is 13.3. The molecule has 2 heteroatoms. The number of carbonyl (C=O) groups excluding carboxylic acids is 1. The third-order valence-electron chi connectivity index (χ3n) is 5.81. The van der Waals surface area contributed by atoms with E-state index in [0.717, 1.165) is 25.8 Å². The van der Waals surface area contributed by atoms with Gasteiger partial charge in [-0.05, 0) is 19.3 Å². The summed E-state index contributed by atoms with van der Waals surface area (Å²) in [6.45, 7) is 3.18. The Labute approximate surface area is 157 Å².